The van der Waals surface area contributed by atoms with Crippen molar-refractivity contribution in [1.29, 1.82) is 0 Å². The zero-order chi connectivity index (χ0) is 14.7. The summed E-state index contributed by atoms with van der Waals surface area (Å²) < 4.78 is 19.5. The van der Waals surface area contributed by atoms with Gasteiger partial charge in [-0.15, -0.1) is 11.3 Å². The Balaban J connectivity index is 1.71. The van der Waals surface area contributed by atoms with Crippen molar-refractivity contribution in [2.45, 2.75) is 13.0 Å². The van der Waals surface area contributed by atoms with Gasteiger partial charge in [-0.05, 0) is 24.6 Å². The molecule has 0 radical (unpaired) electrons. The molecule has 0 fully saturated rings. The maximum Gasteiger partial charge on any atom is 0.214 e. The normalized spacial score (nSPS) is 14.9. The molecule has 0 unspecified atom stereocenters. The zero-order valence-electron chi connectivity index (χ0n) is 11.2. The quantitative estimate of drug-likeness (QED) is 0.926. The van der Waals surface area contributed by atoms with Gasteiger partial charge < -0.3 is 10.1 Å². The van der Waals surface area contributed by atoms with E-state index in [1.807, 2.05) is 12.1 Å². The number of hydrogen-bond acceptors (Lipinski definition) is 4. The van der Waals surface area contributed by atoms with Crippen LogP contribution in [0.3, 0.4) is 0 Å². The fraction of sp³-hybridized carbons (Fsp3) is 0.267. The highest BCUT2D eigenvalue weighted by Crippen LogP contribution is 2.27. The molecule has 1 N–H and O–H groups in total. The van der Waals surface area contributed by atoms with E-state index in [0.717, 1.165) is 25.2 Å². The van der Waals surface area contributed by atoms with Crippen LogP contribution >= 0.6 is 22.9 Å². The number of thiophene rings is 1. The molecule has 0 amide bonds. The van der Waals surface area contributed by atoms with Crippen LogP contribution in [0.5, 0.6) is 5.88 Å². The van der Waals surface area contributed by atoms with Crippen LogP contribution in [-0.2, 0) is 6.61 Å². The molecule has 0 saturated heterocycles. The molecule has 2 aromatic rings. The summed E-state index contributed by atoms with van der Waals surface area (Å²) in [7, 11) is 0. The fourth-order valence-corrected chi connectivity index (χ4v) is 3.19. The molecule has 6 heteroatoms. The molecule has 3 nitrogen and oxygen atoms in total. The van der Waals surface area contributed by atoms with Crippen LogP contribution in [-0.4, -0.2) is 18.1 Å². The molecule has 21 heavy (non-hydrogen) atoms. The highest BCUT2D eigenvalue weighted by molar-refractivity contribution is 7.16. The van der Waals surface area contributed by atoms with Gasteiger partial charge in [-0.25, -0.2) is 9.37 Å². The van der Waals surface area contributed by atoms with Crippen LogP contribution < -0.4 is 10.1 Å². The van der Waals surface area contributed by atoms with E-state index in [4.69, 9.17) is 16.3 Å². The molecule has 0 saturated carbocycles. The average Bonchev–Trinajstić information content (AvgIpc) is 2.84. The summed E-state index contributed by atoms with van der Waals surface area (Å²) in [6.07, 6.45) is 3.08. The van der Waals surface area contributed by atoms with E-state index >= 15 is 0 Å². The Morgan fingerprint density at radius 3 is 3.05 bits per heavy atom. The van der Waals surface area contributed by atoms with Gasteiger partial charge >= 0.3 is 0 Å². The summed E-state index contributed by atoms with van der Waals surface area (Å²) in [5.74, 6) is 0.165. The predicted molar refractivity (Wildman–Crippen MR) is 83.3 cm³/mol. The molecule has 3 rings (SSSR count). The zero-order valence-corrected chi connectivity index (χ0v) is 12.8. The van der Waals surface area contributed by atoms with E-state index in [-0.39, 0.29) is 12.4 Å². The van der Waals surface area contributed by atoms with Gasteiger partial charge in [0.25, 0.3) is 0 Å². The molecule has 1 aliphatic rings. The van der Waals surface area contributed by atoms with E-state index in [1.54, 1.807) is 6.07 Å². The maximum atomic E-state index is 13.5. The second kappa shape index (κ2) is 6.56. The number of pyridine rings is 1. The summed E-state index contributed by atoms with van der Waals surface area (Å²) in [5, 5.41) is 3.27. The molecular formula is C15H14ClFN2OS. The third kappa shape index (κ3) is 3.61. The lowest BCUT2D eigenvalue weighted by Gasteiger charge is -2.14. The lowest BCUT2D eigenvalue weighted by Crippen LogP contribution is -2.20. The van der Waals surface area contributed by atoms with Gasteiger partial charge in [0.05, 0.1) is 14.9 Å². The second-order valence-electron chi connectivity index (χ2n) is 4.65. The average molecular weight is 325 g/mol. The van der Waals surface area contributed by atoms with Gasteiger partial charge in [0, 0.05) is 18.7 Å². The van der Waals surface area contributed by atoms with Crippen LogP contribution in [0.2, 0.25) is 4.34 Å². The Kier molecular flexibility index (Phi) is 4.53. The van der Waals surface area contributed by atoms with Crippen molar-refractivity contribution in [2.24, 2.45) is 0 Å². The summed E-state index contributed by atoms with van der Waals surface area (Å²) in [6.45, 7) is 1.96. The number of nitrogens with zero attached hydrogens (tertiary/aromatic N) is 1. The number of ether oxygens (including phenoxy) is 1. The molecule has 3 heterocycles. The van der Waals surface area contributed by atoms with Gasteiger partial charge in [-0.2, -0.15) is 0 Å². The van der Waals surface area contributed by atoms with Crippen molar-refractivity contribution in [3.8, 4) is 5.88 Å². The summed E-state index contributed by atoms with van der Waals surface area (Å²) in [6, 6.07) is 6.94. The molecular weight excluding hydrogens is 311 g/mol. The van der Waals surface area contributed by atoms with Crippen molar-refractivity contribution >= 4 is 28.5 Å². The standard InChI is InChI=1S/C15H14ClFN2OS/c16-14-8-11(17)13(21-14)9-20-15-3-1-2-12(19-15)10-4-6-18-7-5-10/h1-4,8,18H,5-7,9H2. The fourth-order valence-electron chi connectivity index (χ4n) is 2.14. The number of rotatable bonds is 4. The summed E-state index contributed by atoms with van der Waals surface area (Å²) in [4.78, 5) is 4.96. The first-order chi connectivity index (χ1) is 10.2. The highest BCUT2D eigenvalue weighted by Gasteiger charge is 2.10. The molecule has 110 valence electrons. The number of hydrogen-bond donors (Lipinski definition) is 1. The summed E-state index contributed by atoms with van der Waals surface area (Å²) in [5.41, 5.74) is 2.13. The van der Waals surface area contributed by atoms with Crippen molar-refractivity contribution in [3.05, 3.63) is 51.1 Å². The lowest BCUT2D eigenvalue weighted by molar-refractivity contribution is 0.292. The van der Waals surface area contributed by atoms with Gasteiger partial charge in [0.1, 0.15) is 12.4 Å². The van der Waals surface area contributed by atoms with Crippen molar-refractivity contribution in [2.75, 3.05) is 13.1 Å². The minimum atomic E-state index is -0.331. The van der Waals surface area contributed by atoms with E-state index in [1.165, 1.54) is 23.0 Å². The monoisotopic (exact) mass is 324 g/mol. The van der Waals surface area contributed by atoms with Crippen molar-refractivity contribution in [3.63, 3.8) is 0 Å². The van der Waals surface area contributed by atoms with Gasteiger partial charge in [-0.3, -0.25) is 0 Å². The Morgan fingerprint density at radius 2 is 2.33 bits per heavy atom. The maximum absolute atomic E-state index is 13.5. The number of aromatic nitrogens is 1. The SMILES string of the molecule is Fc1cc(Cl)sc1COc1cccc(C2=CCNCC2)n1. The molecule has 0 spiro atoms. The van der Waals surface area contributed by atoms with Gasteiger partial charge in [0.2, 0.25) is 5.88 Å². The lowest BCUT2D eigenvalue weighted by atomic mass is 10.1. The Morgan fingerprint density at radius 1 is 1.43 bits per heavy atom. The first-order valence-corrected chi connectivity index (χ1v) is 7.85. The third-order valence-corrected chi connectivity index (χ3v) is 4.41. The summed E-state index contributed by atoms with van der Waals surface area (Å²) >= 11 is 6.95. The van der Waals surface area contributed by atoms with Gasteiger partial charge in [0.15, 0.2) is 0 Å². The molecule has 1 aliphatic heterocycles. The van der Waals surface area contributed by atoms with Gasteiger partial charge in [-0.1, -0.05) is 23.7 Å². The molecule has 0 atom stereocenters. The Hall–Kier alpha value is -1.43. The van der Waals surface area contributed by atoms with Crippen LogP contribution in [0, 0.1) is 5.82 Å². The Labute approximate surface area is 131 Å². The van der Waals surface area contributed by atoms with Crippen molar-refractivity contribution in [1.82, 2.24) is 10.3 Å². The first-order valence-electron chi connectivity index (χ1n) is 6.66. The Bertz CT molecular complexity index is 671. The molecule has 2 aromatic heterocycles. The van der Waals surface area contributed by atoms with Crippen LogP contribution in [0.15, 0.2) is 30.3 Å². The topological polar surface area (TPSA) is 34.1 Å². The highest BCUT2D eigenvalue weighted by atomic mass is 35.5. The number of halogens is 2. The smallest absolute Gasteiger partial charge is 0.214 e. The molecule has 0 aromatic carbocycles. The van der Waals surface area contributed by atoms with Crippen LogP contribution in [0.4, 0.5) is 4.39 Å². The van der Waals surface area contributed by atoms with Crippen molar-refractivity contribution < 1.29 is 9.13 Å². The third-order valence-electron chi connectivity index (χ3n) is 3.19. The largest absolute Gasteiger partial charge is 0.472 e. The van der Waals surface area contributed by atoms with E-state index in [2.05, 4.69) is 16.4 Å². The first kappa shape index (κ1) is 14.5. The minimum Gasteiger partial charge on any atom is -0.472 e. The van der Waals surface area contributed by atoms with E-state index in [9.17, 15) is 4.39 Å². The molecule has 0 aliphatic carbocycles. The molecule has 0 bridgehead atoms. The van der Waals surface area contributed by atoms with Crippen LogP contribution in [0.1, 0.15) is 17.0 Å². The predicted octanol–water partition coefficient (Wildman–Crippen LogP) is 3.89. The second-order valence-corrected chi connectivity index (χ2v) is 6.42. The van der Waals surface area contributed by atoms with Crippen LogP contribution in [0.25, 0.3) is 5.57 Å². The minimum absolute atomic E-state index is 0.139. The van der Waals surface area contributed by atoms with E-state index < -0.39 is 0 Å². The number of nitrogens with one attached hydrogen (secondary N) is 1. The van der Waals surface area contributed by atoms with E-state index in [0.29, 0.717) is 15.1 Å².